The van der Waals surface area contributed by atoms with Gasteiger partial charge in [-0.1, -0.05) is 12.1 Å². The molecule has 26 heavy (non-hydrogen) atoms. The first kappa shape index (κ1) is 21.2. The summed E-state index contributed by atoms with van der Waals surface area (Å²) in [6.07, 6.45) is 3.37. The van der Waals surface area contributed by atoms with Crippen LogP contribution >= 0.6 is 24.0 Å². The molecule has 2 heterocycles. The second-order valence-corrected chi connectivity index (χ2v) is 6.56. The van der Waals surface area contributed by atoms with Crippen LogP contribution in [0.3, 0.4) is 0 Å². The summed E-state index contributed by atoms with van der Waals surface area (Å²) in [5.74, 6) is 1.25. The zero-order valence-corrected chi connectivity index (χ0v) is 17.7. The number of nitrogens with zero attached hydrogens (tertiary/aromatic N) is 2. The van der Waals surface area contributed by atoms with Crippen molar-refractivity contribution in [2.24, 2.45) is 4.99 Å². The standard InChI is InChI=1S/C19H29N3O3.HI/c1-2-20-19(21-9-8-15-5-3-6-16(23)13-15)22-10-12-25-18(14-22)17-7-4-11-24-17;/h3,5-6,13,17-18,23H,2,4,7-12,14H2,1H3,(H,20,21);1H. The largest absolute Gasteiger partial charge is 0.508 e. The molecule has 1 aromatic carbocycles. The Balaban J connectivity index is 0.00000243. The summed E-state index contributed by atoms with van der Waals surface area (Å²) in [6.45, 7) is 6.84. The number of guanidine groups is 1. The van der Waals surface area contributed by atoms with E-state index in [1.807, 2.05) is 12.1 Å². The molecule has 2 saturated heterocycles. The Morgan fingerprint density at radius 3 is 2.88 bits per heavy atom. The summed E-state index contributed by atoms with van der Waals surface area (Å²) < 4.78 is 11.7. The van der Waals surface area contributed by atoms with Crippen molar-refractivity contribution in [2.75, 3.05) is 39.4 Å². The number of benzene rings is 1. The number of morpholine rings is 1. The van der Waals surface area contributed by atoms with Gasteiger partial charge in [-0.3, -0.25) is 4.99 Å². The molecule has 0 amide bonds. The van der Waals surface area contributed by atoms with E-state index in [0.29, 0.717) is 18.9 Å². The third-order valence-corrected chi connectivity index (χ3v) is 4.68. The number of ether oxygens (including phenoxy) is 2. The summed E-state index contributed by atoms with van der Waals surface area (Å²) in [6, 6.07) is 7.37. The van der Waals surface area contributed by atoms with Crippen LogP contribution in [0.25, 0.3) is 0 Å². The molecule has 2 unspecified atom stereocenters. The minimum Gasteiger partial charge on any atom is -0.508 e. The summed E-state index contributed by atoms with van der Waals surface area (Å²) in [7, 11) is 0. The number of hydrogen-bond donors (Lipinski definition) is 2. The van der Waals surface area contributed by atoms with Crippen LogP contribution in [0.15, 0.2) is 29.3 Å². The summed E-state index contributed by atoms with van der Waals surface area (Å²) in [4.78, 5) is 7.06. The molecule has 0 saturated carbocycles. The van der Waals surface area contributed by atoms with Crippen LogP contribution in [0, 0.1) is 0 Å². The fraction of sp³-hybridized carbons (Fsp3) is 0.632. The highest BCUT2D eigenvalue weighted by Gasteiger charge is 2.32. The van der Waals surface area contributed by atoms with E-state index in [-0.39, 0.29) is 36.2 Å². The molecule has 2 aliphatic heterocycles. The molecule has 7 heteroatoms. The Morgan fingerprint density at radius 2 is 2.15 bits per heavy atom. The lowest BCUT2D eigenvalue weighted by Gasteiger charge is -2.37. The van der Waals surface area contributed by atoms with Crippen molar-refractivity contribution in [3.05, 3.63) is 29.8 Å². The van der Waals surface area contributed by atoms with Crippen LogP contribution in [0.2, 0.25) is 0 Å². The van der Waals surface area contributed by atoms with Crippen LogP contribution in [0.5, 0.6) is 5.75 Å². The van der Waals surface area contributed by atoms with Crippen LogP contribution in [0.1, 0.15) is 25.3 Å². The Bertz CT molecular complexity index is 579. The van der Waals surface area contributed by atoms with Gasteiger partial charge in [0.1, 0.15) is 11.9 Å². The smallest absolute Gasteiger partial charge is 0.194 e. The molecule has 0 radical (unpaired) electrons. The zero-order valence-electron chi connectivity index (χ0n) is 15.4. The third-order valence-electron chi connectivity index (χ3n) is 4.68. The van der Waals surface area contributed by atoms with Gasteiger partial charge in [0, 0.05) is 32.8 Å². The number of phenolic OH excluding ortho intramolecular Hbond substituents is 1. The highest BCUT2D eigenvalue weighted by molar-refractivity contribution is 14.0. The van der Waals surface area contributed by atoms with Crippen LogP contribution in [-0.4, -0.2) is 67.6 Å². The lowest BCUT2D eigenvalue weighted by Crippen LogP contribution is -2.53. The summed E-state index contributed by atoms with van der Waals surface area (Å²) >= 11 is 0. The fourth-order valence-electron chi connectivity index (χ4n) is 3.42. The maximum Gasteiger partial charge on any atom is 0.194 e. The van der Waals surface area contributed by atoms with Crippen LogP contribution < -0.4 is 5.32 Å². The normalized spacial score (nSPS) is 23.6. The second-order valence-electron chi connectivity index (χ2n) is 6.56. The molecule has 2 aliphatic rings. The van der Waals surface area contributed by atoms with Gasteiger partial charge in [0.2, 0.25) is 0 Å². The zero-order chi connectivity index (χ0) is 17.5. The first-order valence-electron chi connectivity index (χ1n) is 9.30. The molecule has 0 aliphatic carbocycles. The lowest BCUT2D eigenvalue weighted by atomic mass is 10.1. The SMILES string of the molecule is CCNC(=NCCc1cccc(O)c1)N1CCOC(C2CCCO2)C1.I. The van der Waals surface area contributed by atoms with E-state index >= 15 is 0 Å². The molecule has 6 nitrogen and oxygen atoms in total. The number of aromatic hydroxyl groups is 1. The number of hydrogen-bond acceptors (Lipinski definition) is 4. The molecule has 2 atom stereocenters. The van der Waals surface area contributed by atoms with Gasteiger partial charge in [0.15, 0.2) is 5.96 Å². The Labute approximate surface area is 173 Å². The number of rotatable bonds is 5. The number of phenols is 1. The average Bonchev–Trinajstić information content (AvgIpc) is 3.16. The summed E-state index contributed by atoms with van der Waals surface area (Å²) in [5.41, 5.74) is 1.10. The molecular formula is C19H30IN3O3. The predicted molar refractivity (Wildman–Crippen MR) is 113 cm³/mol. The molecule has 2 N–H and O–H groups in total. The number of aliphatic imine (C=N–C) groups is 1. The highest BCUT2D eigenvalue weighted by atomic mass is 127. The Morgan fingerprint density at radius 1 is 1.31 bits per heavy atom. The van der Waals surface area contributed by atoms with Gasteiger partial charge in [-0.05, 0) is 43.9 Å². The Hall–Kier alpha value is -1.06. The van der Waals surface area contributed by atoms with Crippen molar-refractivity contribution < 1.29 is 14.6 Å². The monoisotopic (exact) mass is 475 g/mol. The van der Waals surface area contributed by atoms with Gasteiger partial charge in [-0.2, -0.15) is 0 Å². The van der Waals surface area contributed by atoms with Crippen molar-refractivity contribution in [3.63, 3.8) is 0 Å². The molecule has 3 rings (SSSR count). The average molecular weight is 475 g/mol. The third kappa shape index (κ3) is 5.99. The fourth-order valence-corrected chi connectivity index (χ4v) is 3.42. The van der Waals surface area contributed by atoms with Gasteiger partial charge in [-0.25, -0.2) is 0 Å². The maximum absolute atomic E-state index is 9.56. The molecule has 0 bridgehead atoms. The maximum atomic E-state index is 9.56. The first-order valence-corrected chi connectivity index (χ1v) is 9.30. The molecule has 0 spiro atoms. The highest BCUT2D eigenvalue weighted by Crippen LogP contribution is 2.21. The van der Waals surface area contributed by atoms with Crippen molar-refractivity contribution in [3.8, 4) is 5.75 Å². The van der Waals surface area contributed by atoms with Crippen molar-refractivity contribution in [2.45, 2.75) is 38.4 Å². The van der Waals surface area contributed by atoms with Gasteiger partial charge in [0.25, 0.3) is 0 Å². The van der Waals surface area contributed by atoms with Crippen molar-refractivity contribution in [1.29, 1.82) is 0 Å². The van der Waals surface area contributed by atoms with Crippen LogP contribution in [-0.2, 0) is 15.9 Å². The Kier molecular flexibility index (Phi) is 8.94. The van der Waals surface area contributed by atoms with Gasteiger partial charge < -0.3 is 24.8 Å². The van der Waals surface area contributed by atoms with Crippen molar-refractivity contribution >= 4 is 29.9 Å². The molecule has 1 aromatic rings. The van der Waals surface area contributed by atoms with Gasteiger partial charge in [-0.15, -0.1) is 24.0 Å². The first-order chi connectivity index (χ1) is 12.3. The number of halogens is 1. The van der Waals surface area contributed by atoms with E-state index < -0.39 is 0 Å². The van der Waals surface area contributed by atoms with E-state index in [4.69, 9.17) is 14.5 Å². The topological polar surface area (TPSA) is 66.3 Å². The van der Waals surface area contributed by atoms with Gasteiger partial charge in [0.05, 0.1) is 12.7 Å². The molecular weight excluding hydrogens is 445 g/mol. The molecule has 146 valence electrons. The predicted octanol–water partition coefficient (Wildman–Crippen LogP) is 2.40. The minimum absolute atomic E-state index is 0. The van der Waals surface area contributed by atoms with E-state index in [1.54, 1.807) is 12.1 Å². The minimum atomic E-state index is 0. The lowest BCUT2D eigenvalue weighted by molar-refractivity contribution is -0.0817. The van der Waals surface area contributed by atoms with Crippen LogP contribution in [0.4, 0.5) is 0 Å². The van der Waals surface area contributed by atoms with E-state index in [9.17, 15) is 5.11 Å². The number of nitrogens with one attached hydrogen (secondary N) is 1. The van der Waals surface area contributed by atoms with E-state index in [2.05, 4.69) is 17.1 Å². The molecule has 2 fully saturated rings. The molecule has 0 aromatic heterocycles. The quantitative estimate of drug-likeness (QED) is 0.389. The van der Waals surface area contributed by atoms with Crippen molar-refractivity contribution in [1.82, 2.24) is 10.2 Å². The summed E-state index contributed by atoms with van der Waals surface area (Å²) in [5, 5.41) is 13.0. The second kappa shape index (κ2) is 10.9. The van der Waals surface area contributed by atoms with E-state index in [0.717, 1.165) is 57.0 Å². The van der Waals surface area contributed by atoms with Gasteiger partial charge >= 0.3 is 0 Å². The van der Waals surface area contributed by atoms with E-state index in [1.165, 1.54) is 0 Å².